The van der Waals surface area contributed by atoms with E-state index in [9.17, 15) is 29.0 Å². The molecule has 0 aromatic carbocycles. The Kier molecular flexibility index (Phi) is 8.84. The van der Waals surface area contributed by atoms with Crippen LogP contribution in [0.1, 0.15) is 12.5 Å². The Morgan fingerprint density at radius 1 is 1.00 bits per heavy atom. The van der Waals surface area contributed by atoms with E-state index in [-0.39, 0.29) is 40.6 Å². The number of phosphoric acid groups is 1. The average molecular weight is 688 g/mol. The van der Waals surface area contributed by atoms with Gasteiger partial charge in [0.05, 0.1) is 25.4 Å². The van der Waals surface area contributed by atoms with Gasteiger partial charge in [-0.1, -0.05) is 0 Å². The van der Waals surface area contributed by atoms with Crippen molar-refractivity contribution in [3.05, 3.63) is 29.3 Å². The molecule has 10 atom stereocenters. The molecule has 0 amide bonds. The average Bonchev–Trinajstić information content (AvgIpc) is 3.76. The normalized spacial score (nSPS) is 29.9. The molecule has 25 heteroatoms. The lowest BCUT2D eigenvalue weighted by molar-refractivity contribution is -0.0607. The summed E-state index contributed by atoms with van der Waals surface area (Å²) >= 11 is 0. The number of rotatable bonds is 11. The Morgan fingerprint density at radius 3 is 2.41 bits per heavy atom. The van der Waals surface area contributed by atoms with Crippen LogP contribution in [0.4, 0.5) is 11.8 Å². The highest BCUT2D eigenvalue weighted by Crippen LogP contribution is 2.51. The van der Waals surface area contributed by atoms with Crippen LogP contribution in [0.15, 0.2) is 23.8 Å². The van der Waals surface area contributed by atoms with E-state index >= 15 is 0 Å². The zero-order chi connectivity index (χ0) is 32.9. The molecule has 0 bridgehead atoms. The van der Waals surface area contributed by atoms with Gasteiger partial charge in [0.2, 0.25) is 5.95 Å². The molecule has 2 fully saturated rings. The maximum atomic E-state index is 13.3. The number of H-pyrrole nitrogens is 1. The fraction of sp³-hybridized carbons (Fsp3) is 0.524. The summed E-state index contributed by atoms with van der Waals surface area (Å²) in [5.41, 5.74) is 17.0. The van der Waals surface area contributed by atoms with Crippen LogP contribution in [-0.4, -0.2) is 109 Å². The largest absolute Gasteiger partial charge is 0.694 e. The molecule has 2 aliphatic heterocycles. The van der Waals surface area contributed by atoms with E-state index in [1.807, 2.05) is 0 Å². The van der Waals surface area contributed by atoms with E-state index in [4.69, 9.17) is 45.1 Å². The molecule has 4 aromatic heterocycles. The Balaban J connectivity index is 1.22. The predicted molar refractivity (Wildman–Crippen MR) is 151 cm³/mol. The third-order valence-corrected chi connectivity index (χ3v) is 8.85. The van der Waals surface area contributed by atoms with Gasteiger partial charge >= 0.3 is 16.1 Å². The summed E-state index contributed by atoms with van der Waals surface area (Å²) in [6.07, 6.45) is -5.89. The van der Waals surface area contributed by atoms with Crippen molar-refractivity contribution in [3.63, 3.8) is 0 Å². The highest BCUT2D eigenvalue weighted by Gasteiger charge is 2.51. The summed E-state index contributed by atoms with van der Waals surface area (Å²) in [4.78, 5) is 54.7. The van der Waals surface area contributed by atoms with Crippen LogP contribution in [0.3, 0.4) is 0 Å². The molecule has 2 aliphatic rings. The smallest absolute Gasteiger partial charge is 0.387 e. The number of aliphatic hydroxyl groups is 2. The number of nitrogens with zero attached hydrogens (tertiary/aromatic N) is 7. The van der Waals surface area contributed by atoms with Gasteiger partial charge in [-0.25, -0.2) is 24.5 Å². The summed E-state index contributed by atoms with van der Waals surface area (Å²) in [6, 6.07) is 0. The number of nitrogens with one attached hydrogen (secondary N) is 1. The topological polar surface area (TPSA) is 346 Å². The van der Waals surface area contributed by atoms with Gasteiger partial charge in [-0.05, 0) is 0 Å². The first-order valence-corrected chi connectivity index (χ1v) is 16.0. The second-order valence-corrected chi connectivity index (χ2v) is 12.4. The molecule has 0 saturated carbocycles. The number of ether oxygens (including phenoxy) is 2. The minimum atomic E-state index is -5.06. The minimum absolute atomic E-state index is 0.0688. The van der Waals surface area contributed by atoms with Crippen molar-refractivity contribution in [3.8, 4) is 0 Å². The molecule has 0 radical (unpaired) electrons. The van der Waals surface area contributed by atoms with Crippen LogP contribution in [0.5, 0.6) is 0 Å². The van der Waals surface area contributed by atoms with Crippen LogP contribution in [0.25, 0.3) is 22.3 Å². The zero-order valence-corrected chi connectivity index (χ0v) is 25.1. The molecule has 0 aliphatic carbocycles. The van der Waals surface area contributed by atoms with E-state index in [1.165, 1.54) is 21.8 Å². The molecule has 46 heavy (non-hydrogen) atoms. The first-order valence-electron chi connectivity index (χ1n) is 13.4. The molecule has 0 spiro atoms. The molecule has 23 nitrogen and oxygen atoms in total. The summed E-state index contributed by atoms with van der Waals surface area (Å²) in [5, 5.41) is 21.4. The Hall–Kier alpha value is -3.57. The minimum Gasteiger partial charge on any atom is -0.387 e. The first-order chi connectivity index (χ1) is 21.9. The third kappa shape index (κ3) is 5.99. The number of fused-ring (bicyclic) bond motifs is 2. The number of hydrogen-bond acceptors (Lipinski definition) is 18. The molecular weight excluding hydrogens is 660 g/mol. The summed E-state index contributed by atoms with van der Waals surface area (Å²) in [7, 11) is -8.10. The Bertz CT molecular complexity index is 1870. The van der Waals surface area contributed by atoms with Gasteiger partial charge in [-0.15, -0.1) is 9.42 Å². The summed E-state index contributed by atoms with van der Waals surface area (Å²) in [6.45, 7) is -1.44. The van der Waals surface area contributed by atoms with Gasteiger partial charge in [-0.2, -0.15) is 4.98 Å². The fourth-order valence-electron chi connectivity index (χ4n) is 5.35. The molecule has 248 valence electrons. The predicted octanol–water partition coefficient (Wildman–Crippen LogP) is -2.62. The number of phosphoric ester groups is 1. The Labute approximate surface area is 256 Å². The number of aliphatic hydroxyl groups excluding tert-OH is 2. The van der Waals surface area contributed by atoms with E-state index < -0.39 is 83.7 Å². The monoisotopic (exact) mass is 688 g/mol. The quantitative estimate of drug-likeness (QED) is 0.0748. The van der Waals surface area contributed by atoms with Gasteiger partial charge in [-0.3, -0.25) is 28.0 Å². The highest BCUT2D eigenvalue weighted by atomic mass is 31.2. The second kappa shape index (κ2) is 12.6. The van der Waals surface area contributed by atoms with Crippen molar-refractivity contribution in [1.29, 1.82) is 0 Å². The standard InChI is InChI=1S/C21H27N11O12P2/c22-1-7-8(2-40-45(36)37)42-20(32-6-28-11-17(32)29-21(24)30-18(11)35)14(7)44-46(38,39)41-3-9-12(33)13(34)19(43-9)31-5-27-10-15(23)25-4-26-16(10)31/h4-9,12-14,19-20,33-34H,1-3,22H2,(H6-,23,24,25,26,29,30,35,36,37,38,39)/p+1/t7-,8-,9-,12-,13-,14-,19-,20-/m1/s1. The van der Waals surface area contributed by atoms with Crippen LogP contribution >= 0.6 is 16.1 Å². The third-order valence-electron chi connectivity index (χ3n) is 7.50. The molecule has 6 heterocycles. The number of nitrogen functional groups attached to an aromatic ring is 2. The first kappa shape index (κ1) is 32.4. The van der Waals surface area contributed by atoms with Crippen LogP contribution in [-0.2, 0) is 32.2 Å². The van der Waals surface area contributed by atoms with Crippen molar-refractivity contribution in [2.45, 2.75) is 43.0 Å². The van der Waals surface area contributed by atoms with E-state index in [2.05, 4.69) is 29.9 Å². The number of aromatic amines is 1. The number of hydrogen-bond donors (Lipinski definition) is 8. The second-order valence-electron chi connectivity index (χ2n) is 10.2. The number of aromatic nitrogens is 8. The van der Waals surface area contributed by atoms with Gasteiger partial charge in [0.25, 0.3) is 5.56 Å². The molecule has 6 rings (SSSR count). The van der Waals surface area contributed by atoms with Crippen LogP contribution < -0.4 is 22.8 Å². The van der Waals surface area contributed by atoms with Crippen molar-refractivity contribution < 1.29 is 52.2 Å². The van der Waals surface area contributed by atoms with Crippen molar-refractivity contribution >= 4 is 50.2 Å². The van der Waals surface area contributed by atoms with Gasteiger partial charge in [0, 0.05) is 17.0 Å². The number of imidazole rings is 2. The molecule has 11 N–H and O–H groups in total. The SMILES string of the molecule is NC[C@H]1[C@@H](OP(=O)(O)OC[C@H]2O[C@@H](n3cnc4c(N)ncnc43)[C@H](O)[C@@H]2O)[C@H](n2cnc3c(=O)[nH]c(N)nc32)O[C@@H]1CO[P+](=O)O. The zero-order valence-electron chi connectivity index (χ0n) is 23.3. The maximum Gasteiger partial charge on any atom is 0.694 e. The summed E-state index contributed by atoms with van der Waals surface area (Å²) < 4.78 is 54.2. The van der Waals surface area contributed by atoms with E-state index in [1.54, 1.807) is 0 Å². The van der Waals surface area contributed by atoms with Crippen LogP contribution in [0, 0.1) is 5.92 Å². The molecule has 4 aromatic rings. The van der Waals surface area contributed by atoms with Crippen molar-refractivity contribution in [2.75, 3.05) is 31.2 Å². The fourth-order valence-corrected chi connectivity index (χ4v) is 6.59. The number of anilines is 2. The summed E-state index contributed by atoms with van der Waals surface area (Å²) in [5.74, 6) is -1.12. The van der Waals surface area contributed by atoms with Crippen molar-refractivity contribution in [1.82, 2.24) is 39.0 Å². The van der Waals surface area contributed by atoms with Crippen molar-refractivity contribution in [2.24, 2.45) is 11.7 Å². The maximum absolute atomic E-state index is 13.3. The van der Waals surface area contributed by atoms with Gasteiger partial charge in [0.15, 0.2) is 35.1 Å². The molecule has 2 saturated heterocycles. The molecule has 2 unspecified atom stereocenters. The lowest BCUT2D eigenvalue weighted by atomic mass is 9.99. The number of nitrogens with two attached hydrogens (primary N) is 3. The Morgan fingerprint density at radius 2 is 1.70 bits per heavy atom. The van der Waals surface area contributed by atoms with E-state index in [0.29, 0.717) is 0 Å². The van der Waals surface area contributed by atoms with Gasteiger partial charge < -0.3 is 41.8 Å². The molecular formula is C21H28N11O12P2+. The highest BCUT2D eigenvalue weighted by molar-refractivity contribution is 7.47. The lowest BCUT2D eigenvalue weighted by Gasteiger charge is -2.26. The van der Waals surface area contributed by atoms with E-state index in [0.717, 1.165) is 6.33 Å². The lowest BCUT2D eigenvalue weighted by Crippen LogP contribution is -2.36. The van der Waals surface area contributed by atoms with Gasteiger partial charge in [0.1, 0.15) is 42.9 Å². The van der Waals surface area contributed by atoms with Crippen LogP contribution in [0.2, 0.25) is 0 Å².